The number of aliphatic hydroxyl groups is 1. The number of β-amino-alcohol motifs (C(OH)–C–C–N with tert-alkyl or cyclic N) is 1. The summed E-state index contributed by atoms with van der Waals surface area (Å²) in [5, 5.41) is 16.0. The minimum absolute atomic E-state index is 0.00349. The van der Waals surface area contributed by atoms with Crippen LogP contribution in [-0.2, 0) is 11.3 Å². The highest BCUT2D eigenvalue weighted by Crippen LogP contribution is 2.28. The molecule has 1 atom stereocenters. The van der Waals surface area contributed by atoms with E-state index in [1.165, 1.54) is 0 Å². The first kappa shape index (κ1) is 20.3. The largest absolute Gasteiger partial charge is 0.493 e. The summed E-state index contributed by atoms with van der Waals surface area (Å²) in [7, 11) is 1.56. The van der Waals surface area contributed by atoms with Crippen LogP contribution in [0.2, 0.25) is 0 Å². The third-order valence-corrected chi connectivity index (χ3v) is 3.34. The lowest BCUT2D eigenvalue weighted by atomic mass is 10.1. The number of carbonyl (C=O) groups is 1. The summed E-state index contributed by atoms with van der Waals surface area (Å²) in [4.78, 5) is 11.3. The summed E-state index contributed by atoms with van der Waals surface area (Å²) in [5.74, 6) is 1.15. The molecule has 1 rings (SSSR count). The van der Waals surface area contributed by atoms with Crippen LogP contribution in [-0.4, -0.2) is 42.9 Å². The van der Waals surface area contributed by atoms with Gasteiger partial charge in [0.2, 0.25) is 5.91 Å². The SMILES string of the molecule is CCC(=O)NCc1ccc(OCC(O)CNC(C)(C)C)c(OC)c1. The predicted octanol–water partition coefficient (Wildman–Crippen LogP) is 1.85. The van der Waals surface area contributed by atoms with Crippen molar-refractivity contribution in [3.05, 3.63) is 23.8 Å². The lowest BCUT2D eigenvalue weighted by Crippen LogP contribution is -2.42. The fraction of sp³-hybridized carbons (Fsp3) is 0.611. The number of aliphatic hydroxyl groups excluding tert-OH is 1. The third-order valence-electron chi connectivity index (χ3n) is 3.34. The van der Waals surface area contributed by atoms with Crippen LogP contribution >= 0.6 is 0 Å². The van der Waals surface area contributed by atoms with E-state index in [1.807, 2.05) is 39.8 Å². The maximum absolute atomic E-state index is 11.3. The molecule has 3 N–H and O–H groups in total. The van der Waals surface area contributed by atoms with Crippen LogP contribution in [0, 0.1) is 0 Å². The quantitative estimate of drug-likeness (QED) is 0.640. The molecule has 0 heterocycles. The minimum atomic E-state index is -0.613. The first-order valence-electron chi connectivity index (χ1n) is 8.24. The zero-order chi connectivity index (χ0) is 18.2. The number of methoxy groups -OCH3 is 1. The number of amides is 1. The van der Waals surface area contributed by atoms with Crippen LogP contribution in [0.15, 0.2) is 18.2 Å². The Morgan fingerprint density at radius 3 is 2.58 bits per heavy atom. The van der Waals surface area contributed by atoms with Crippen LogP contribution in [0.5, 0.6) is 11.5 Å². The van der Waals surface area contributed by atoms with E-state index in [1.54, 1.807) is 13.2 Å². The van der Waals surface area contributed by atoms with Crippen molar-refractivity contribution in [3.8, 4) is 11.5 Å². The smallest absolute Gasteiger partial charge is 0.219 e. The van der Waals surface area contributed by atoms with Crippen molar-refractivity contribution in [2.24, 2.45) is 0 Å². The lowest BCUT2D eigenvalue weighted by molar-refractivity contribution is -0.120. The molecule has 1 amide bonds. The van der Waals surface area contributed by atoms with Crippen molar-refractivity contribution in [2.45, 2.75) is 52.3 Å². The Morgan fingerprint density at radius 1 is 1.29 bits per heavy atom. The summed E-state index contributed by atoms with van der Waals surface area (Å²) in [6.07, 6.45) is -0.156. The third kappa shape index (κ3) is 7.66. The van der Waals surface area contributed by atoms with Gasteiger partial charge < -0.3 is 25.2 Å². The molecule has 1 aromatic rings. The Hall–Kier alpha value is -1.79. The highest BCUT2D eigenvalue weighted by molar-refractivity contribution is 5.75. The summed E-state index contributed by atoms with van der Waals surface area (Å²) in [6.45, 7) is 9.01. The number of hydrogen-bond donors (Lipinski definition) is 3. The zero-order valence-electron chi connectivity index (χ0n) is 15.3. The number of nitrogens with one attached hydrogen (secondary N) is 2. The van der Waals surface area contributed by atoms with Crippen molar-refractivity contribution in [3.63, 3.8) is 0 Å². The van der Waals surface area contributed by atoms with Crippen LogP contribution in [0.4, 0.5) is 0 Å². The van der Waals surface area contributed by atoms with Gasteiger partial charge >= 0.3 is 0 Å². The van der Waals surface area contributed by atoms with Crippen molar-refractivity contribution in [2.75, 3.05) is 20.3 Å². The van der Waals surface area contributed by atoms with E-state index in [0.29, 0.717) is 31.0 Å². The Balaban J connectivity index is 2.57. The molecule has 1 aromatic carbocycles. The van der Waals surface area contributed by atoms with Gasteiger partial charge in [-0.05, 0) is 38.5 Å². The molecule has 0 bridgehead atoms. The summed E-state index contributed by atoms with van der Waals surface area (Å²) >= 11 is 0. The maximum Gasteiger partial charge on any atom is 0.219 e. The van der Waals surface area contributed by atoms with Gasteiger partial charge in [-0.2, -0.15) is 0 Å². The monoisotopic (exact) mass is 338 g/mol. The molecule has 0 aliphatic carbocycles. The molecular weight excluding hydrogens is 308 g/mol. The Morgan fingerprint density at radius 2 is 2.00 bits per heavy atom. The number of benzene rings is 1. The Labute approximate surface area is 144 Å². The second-order valence-electron chi connectivity index (χ2n) is 6.71. The van der Waals surface area contributed by atoms with Crippen LogP contribution < -0.4 is 20.1 Å². The van der Waals surface area contributed by atoms with Crippen LogP contribution in [0.3, 0.4) is 0 Å². The van der Waals surface area contributed by atoms with E-state index in [9.17, 15) is 9.90 Å². The molecule has 6 nitrogen and oxygen atoms in total. The molecule has 0 radical (unpaired) electrons. The van der Waals surface area contributed by atoms with Crippen molar-refractivity contribution < 1.29 is 19.4 Å². The van der Waals surface area contributed by atoms with Gasteiger partial charge in [-0.25, -0.2) is 0 Å². The number of hydrogen-bond acceptors (Lipinski definition) is 5. The predicted molar refractivity (Wildman–Crippen MR) is 94.4 cm³/mol. The van der Waals surface area contributed by atoms with E-state index < -0.39 is 6.10 Å². The zero-order valence-corrected chi connectivity index (χ0v) is 15.3. The van der Waals surface area contributed by atoms with Gasteiger partial charge in [0.05, 0.1) is 7.11 Å². The highest BCUT2D eigenvalue weighted by Gasteiger charge is 2.14. The molecule has 0 aromatic heterocycles. The Bertz CT molecular complexity index is 526. The normalized spacial score (nSPS) is 12.6. The van der Waals surface area contributed by atoms with E-state index in [4.69, 9.17) is 9.47 Å². The minimum Gasteiger partial charge on any atom is -0.493 e. The average Bonchev–Trinajstić information content (AvgIpc) is 2.55. The van der Waals surface area contributed by atoms with Gasteiger partial charge in [-0.1, -0.05) is 13.0 Å². The lowest BCUT2D eigenvalue weighted by Gasteiger charge is -2.23. The number of rotatable bonds is 9. The van der Waals surface area contributed by atoms with E-state index in [0.717, 1.165) is 5.56 Å². The topological polar surface area (TPSA) is 79.8 Å². The van der Waals surface area contributed by atoms with Crippen LogP contribution in [0.1, 0.15) is 39.7 Å². The summed E-state index contributed by atoms with van der Waals surface area (Å²) in [6, 6.07) is 5.48. The van der Waals surface area contributed by atoms with Gasteiger partial charge in [0.1, 0.15) is 12.7 Å². The number of ether oxygens (including phenoxy) is 2. The Kier molecular flexibility index (Phi) is 8.01. The van der Waals surface area contributed by atoms with Crippen molar-refractivity contribution in [1.29, 1.82) is 0 Å². The molecule has 0 saturated carbocycles. The molecule has 1 unspecified atom stereocenters. The fourth-order valence-corrected chi connectivity index (χ4v) is 1.94. The van der Waals surface area contributed by atoms with Gasteiger partial charge in [0.25, 0.3) is 0 Å². The first-order valence-corrected chi connectivity index (χ1v) is 8.24. The molecule has 0 saturated heterocycles. The van der Waals surface area contributed by atoms with Gasteiger partial charge in [0.15, 0.2) is 11.5 Å². The first-order chi connectivity index (χ1) is 11.2. The average molecular weight is 338 g/mol. The molecular formula is C18H30N2O4. The maximum atomic E-state index is 11.3. The van der Waals surface area contributed by atoms with Gasteiger partial charge in [-0.15, -0.1) is 0 Å². The van der Waals surface area contributed by atoms with Gasteiger partial charge in [-0.3, -0.25) is 4.79 Å². The molecule has 0 aliphatic heterocycles. The molecule has 6 heteroatoms. The second-order valence-corrected chi connectivity index (χ2v) is 6.71. The molecule has 0 fully saturated rings. The van der Waals surface area contributed by atoms with Crippen molar-refractivity contribution >= 4 is 5.91 Å². The molecule has 136 valence electrons. The molecule has 24 heavy (non-hydrogen) atoms. The number of carbonyl (C=O) groups excluding carboxylic acids is 1. The fourth-order valence-electron chi connectivity index (χ4n) is 1.94. The molecule has 0 spiro atoms. The highest BCUT2D eigenvalue weighted by atomic mass is 16.5. The van der Waals surface area contributed by atoms with E-state index in [-0.39, 0.29) is 18.1 Å². The van der Waals surface area contributed by atoms with Crippen molar-refractivity contribution in [1.82, 2.24) is 10.6 Å². The summed E-state index contributed by atoms with van der Waals surface area (Å²) < 4.78 is 11.0. The van der Waals surface area contributed by atoms with E-state index in [2.05, 4.69) is 10.6 Å². The summed E-state index contributed by atoms with van der Waals surface area (Å²) in [5.41, 5.74) is 0.874. The standard InChI is InChI=1S/C18H30N2O4/c1-6-17(22)19-10-13-7-8-15(16(9-13)23-5)24-12-14(21)11-20-18(2,3)4/h7-9,14,20-21H,6,10-12H2,1-5H3,(H,19,22). The molecule has 0 aliphatic rings. The van der Waals surface area contributed by atoms with Gasteiger partial charge in [0, 0.05) is 25.0 Å². The second kappa shape index (κ2) is 9.49. The van der Waals surface area contributed by atoms with E-state index >= 15 is 0 Å². The van der Waals surface area contributed by atoms with Crippen LogP contribution in [0.25, 0.3) is 0 Å².